The number of aromatic nitrogens is 1. The van der Waals surface area contributed by atoms with E-state index in [0.717, 1.165) is 11.4 Å². The summed E-state index contributed by atoms with van der Waals surface area (Å²) in [5.74, 6) is 0. The number of nitrogens with zero attached hydrogens (tertiary/aromatic N) is 2. The number of carbonyl (C=O) groups is 1. The molecule has 0 N–H and O–H groups in total. The Bertz CT molecular complexity index is 338. The van der Waals surface area contributed by atoms with Gasteiger partial charge in [-0.05, 0) is 19.1 Å². The van der Waals surface area contributed by atoms with E-state index in [9.17, 15) is 4.79 Å². The Morgan fingerprint density at radius 3 is 3.31 bits per heavy atom. The molecule has 2 heterocycles. The minimum atomic E-state index is -0.289. The highest BCUT2D eigenvalue weighted by Crippen LogP contribution is 2.23. The van der Waals surface area contributed by atoms with Gasteiger partial charge < -0.3 is 4.74 Å². The second-order valence-corrected chi connectivity index (χ2v) is 2.77. The zero-order chi connectivity index (χ0) is 9.26. The standard InChI is InChI=1S/C9H10N2O2/c1-2-11-8-4-3-5-10-7(8)6-13-9(11)12/h3-5H,2,6H2,1H3. The normalized spacial score (nSPS) is 15.2. The first-order valence-corrected chi connectivity index (χ1v) is 4.21. The third-order valence-electron chi connectivity index (χ3n) is 2.03. The first-order valence-electron chi connectivity index (χ1n) is 4.21. The van der Waals surface area contributed by atoms with Crippen LogP contribution in [0.15, 0.2) is 18.3 Å². The van der Waals surface area contributed by atoms with Gasteiger partial charge in [0.1, 0.15) is 12.3 Å². The maximum absolute atomic E-state index is 11.3. The van der Waals surface area contributed by atoms with Crippen molar-refractivity contribution in [1.82, 2.24) is 4.98 Å². The summed E-state index contributed by atoms with van der Waals surface area (Å²) < 4.78 is 4.93. The van der Waals surface area contributed by atoms with Crippen molar-refractivity contribution in [2.24, 2.45) is 0 Å². The minimum Gasteiger partial charge on any atom is -0.443 e. The zero-order valence-corrected chi connectivity index (χ0v) is 7.36. The maximum atomic E-state index is 11.3. The molecule has 4 nitrogen and oxygen atoms in total. The van der Waals surface area contributed by atoms with Crippen LogP contribution in [0, 0.1) is 0 Å². The molecular formula is C9H10N2O2. The first kappa shape index (κ1) is 8.04. The smallest absolute Gasteiger partial charge is 0.414 e. The van der Waals surface area contributed by atoms with Gasteiger partial charge in [0.25, 0.3) is 0 Å². The Kier molecular flexibility index (Phi) is 1.88. The van der Waals surface area contributed by atoms with E-state index in [-0.39, 0.29) is 12.7 Å². The fourth-order valence-corrected chi connectivity index (χ4v) is 1.39. The molecule has 1 amide bonds. The molecule has 0 fully saturated rings. The largest absolute Gasteiger partial charge is 0.443 e. The second-order valence-electron chi connectivity index (χ2n) is 2.77. The predicted octanol–water partition coefficient (Wildman–Crippen LogP) is 1.56. The molecule has 0 aliphatic carbocycles. The number of hydrogen-bond acceptors (Lipinski definition) is 3. The predicted molar refractivity (Wildman–Crippen MR) is 47.4 cm³/mol. The van der Waals surface area contributed by atoms with Crippen molar-refractivity contribution >= 4 is 11.8 Å². The molecule has 1 aromatic heterocycles. The Hall–Kier alpha value is -1.58. The summed E-state index contributed by atoms with van der Waals surface area (Å²) in [4.78, 5) is 17.0. The van der Waals surface area contributed by atoms with Crippen LogP contribution in [0.3, 0.4) is 0 Å². The van der Waals surface area contributed by atoms with E-state index in [2.05, 4.69) is 4.98 Å². The Balaban J connectivity index is 2.45. The lowest BCUT2D eigenvalue weighted by Gasteiger charge is -2.26. The van der Waals surface area contributed by atoms with Crippen LogP contribution in [0.5, 0.6) is 0 Å². The van der Waals surface area contributed by atoms with Crippen LogP contribution < -0.4 is 4.90 Å². The van der Waals surface area contributed by atoms with Gasteiger partial charge in [-0.1, -0.05) is 0 Å². The summed E-state index contributed by atoms with van der Waals surface area (Å²) >= 11 is 0. The monoisotopic (exact) mass is 178 g/mol. The molecule has 1 aromatic rings. The molecule has 0 saturated carbocycles. The molecule has 4 heteroatoms. The van der Waals surface area contributed by atoms with Gasteiger partial charge in [0.2, 0.25) is 0 Å². The molecule has 0 saturated heterocycles. The molecule has 68 valence electrons. The fourth-order valence-electron chi connectivity index (χ4n) is 1.39. The Morgan fingerprint density at radius 1 is 1.69 bits per heavy atom. The van der Waals surface area contributed by atoms with E-state index < -0.39 is 0 Å². The quantitative estimate of drug-likeness (QED) is 0.655. The summed E-state index contributed by atoms with van der Waals surface area (Å²) in [7, 11) is 0. The number of carbonyl (C=O) groups excluding carboxylic acids is 1. The van der Waals surface area contributed by atoms with Crippen LogP contribution in [0.25, 0.3) is 0 Å². The minimum absolute atomic E-state index is 0.283. The summed E-state index contributed by atoms with van der Waals surface area (Å²) in [6, 6.07) is 3.70. The number of rotatable bonds is 1. The lowest BCUT2D eigenvalue weighted by atomic mass is 10.2. The third-order valence-corrected chi connectivity index (χ3v) is 2.03. The summed E-state index contributed by atoms with van der Waals surface area (Å²) in [5.41, 5.74) is 1.69. The number of anilines is 1. The van der Waals surface area contributed by atoms with E-state index in [1.165, 1.54) is 0 Å². The lowest BCUT2D eigenvalue weighted by molar-refractivity contribution is 0.140. The average Bonchev–Trinajstić information content (AvgIpc) is 2.18. The van der Waals surface area contributed by atoms with Crippen LogP contribution in [0.4, 0.5) is 10.5 Å². The number of amides is 1. The third kappa shape index (κ3) is 1.24. The van der Waals surface area contributed by atoms with Gasteiger partial charge in [-0.3, -0.25) is 9.88 Å². The van der Waals surface area contributed by atoms with Crippen molar-refractivity contribution in [1.29, 1.82) is 0 Å². The van der Waals surface area contributed by atoms with Gasteiger partial charge in [-0.15, -0.1) is 0 Å². The number of hydrogen-bond donors (Lipinski definition) is 0. The van der Waals surface area contributed by atoms with Crippen LogP contribution in [0.2, 0.25) is 0 Å². The highest BCUT2D eigenvalue weighted by Gasteiger charge is 2.24. The van der Waals surface area contributed by atoms with Crippen molar-refractivity contribution < 1.29 is 9.53 Å². The fraction of sp³-hybridized carbons (Fsp3) is 0.333. The summed E-state index contributed by atoms with van der Waals surface area (Å²) in [6.45, 7) is 2.80. The van der Waals surface area contributed by atoms with Crippen molar-refractivity contribution in [3.05, 3.63) is 24.0 Å². The highest BCUT2D eigenvalue weighted by molar-refractivity contribution is 5.89. The van der Waals surface area contributed by atoms with Crippen molar-refractivity contribution in [3.8, 4) is 0 Å². The number of pyridine rings is 1. The molecule has 0 radical (unpaired) electrons. The van der Waals surface area contributed by atoms with E-state index in [4.69, 9.17) is 4.74 Å². The van der Waals surface area contributed by atoms with Crippen molar-refractivity contribution in [3.63, 3.8) is 0 Å². The highest BCUT2D eigenvalue weighted by atomic mass is 16.6. The molecule has 0 aromatic carbocycles. The molecule has 1 aliphatic rings. The van der Waals surface area contributed by atoms with E-state index in [0.29, 0.717) is 6.54 Å². The molecule has 0 spiro atoms. The van der Waals surface area contributed by atoms with Gasteiger partial charge in [0.15, 0.2) is 0 Å². The summed E-state index contributed by atoms with van der Waals surface area (Å²) in [6.07, 6.45) is 1.41. The van der Waals surface area contributed by atoms with Gasteiger partial charge in [-0.2, -0.15) is 0 Å². The molecule has 2 rings (SSSR count). The second kappa shape index (κ2) is 3.05. The van der Waals surface area contributed by atoms with E-state index in [1.54, 1.807) is 11.1 Å². The molecule has 0 unspecified atom stereocenters. The molecule has 13 heavy (non-hydrogen) atoms. The zero-order valence-electron chi connectivity index (χ0n) is 7.36. The summed E-state index contributed by atoms with van der Waals surface area (Å²) in [5, 5.41) is 0. The Labute approximate surface area is 76.1 Å². The van der Waals surface area contributed by atoms with E-state index in [1.807, 2.05) is 19.1 Å². The van der Waals surface area contributed by atoms with E-state index >= 15 is 0 Å². The maximum Gasteiger partial charge on any atom is 0.414 e. The first-order chi connectivity index (χ1) is 6.33. The molecule has 0 bridgehead atoms. The Morgan fingerprint density at radius 2 is 2.54 bits per heavy atom. The lowest BCUT2D eigenvalue weighted by Crippen LogP contribution is -2.35. The molecule has 0 atom stereocenters. The topological polar surface area (TPSA) is 42.4 Å². The van der Waals surface area contributed by atoms with Crippen LogP contribution in [0.1, 0.15) is 12.6 Å². The average molecular weight is 178 g/mol. The van der Waals surface area contributed by atoms with Gasteiger partial charge >= 0.3 is 6.09 Å². The van der Waals surface area contributed by atoms with Gasteiger partial charge in [0, 0.05) is 12.7 Å². The van der Waals surface area contributed by atoms with Gasteiger partial charge in [-0.25, -0.2) is 4.79 Å². The van der Waals surface area contributed by atoms with Crippen LogP contribution in [-0.4, -0.2) is 17.6 Å². The number of cyclic esters (lactones) is 1. The van der Waals surface area contributed by atoms with Crippen molar-refractivity contribution in [2.75, 3.05) is 11.4 Å². The van der Waals surface area contributed by atoms with Crippen LogP contribution in [-0.2, 0) is 11.3 Å². The molecule has 1 aliphatic heterocycles. The van der Waals surface area contributed by atoms with Gasteiger partial charge in [0.05, 0.1) is 5.69 Å². The number of ether oxygens (including phenoxy) is 1. The van der Waals surface area contributed by atoms with Crippen molar-refractivity contribution in [2.45, 2.75) is 13.5 Å². The number of fused-ring (bicyclic) bond motifs is 1. The SMILES string of the molecule is CCN1C(=O)OCc2ncccc21. The van der Waals surface area contributed by atoms with Crippen LogP contribution >= 0.6 is 0 Å². The molecular weight excluding hydrogens is 168 g/mol.